The van der Waals surface area contributed by atoms with Gasteiger partial charge in [-0.3, -0.25) is 9.59 Å². The molecule has 1 saturated heterocycles. The Morgan fingerprint density at radius 3 is 2.61 bits per heavy atom. The van der Waals surface area contributed by atoms with Gasteiger partial charge in [-0.25, -0.2) is 0 Å². The van der Waals surface area contributed by atoms with E-state index in [1.165, 1.54) is 6.92 Å². The number of nitrogens with one attached hydrogen (secondary N) is 2. The van der Waals surface area contributed by atoms with Crippen molar-refractivity contribution in [2.45, 2.75) is 38.2 Å². The van der Waals surface area contributed by atoms with E-state index in [1.807, 2.05) is 0 Å². The lowest BCUT2D eigenvalue weighted by molar-refractivity contribution is -0.140. The summed E-state index contributed by atoms with van der Waals surface area (Å²) in [5.41, 5.74) is 0. The molecule has 0 aromatic heterocycles. The fraction of sp³-hybridized carbons (Fsp3) is 0.800. The van der Waals surface area contributed by atoms with Gasteiger partial charge in [-0.1, -0.05) is 6.42 Å². The maximum Gasteiger partial charge on any atom is 0.451 e. The Morgan fingerprint density at radius 1 is 1.44 bits per heavy atom. The molecule has 3 unspecified atom stereocenters. The maximum absolute atomic E-state index is 11.1. The Morgan fingerprint density at radius 2 is 2.11 bits per heavy atom. The van der Waals surface area contributed by atoms with Gasteiger partial charge >= 0.3 is 13.1 Å². The van der Waals surface area contributed by atoms with Crippen LogP contribution in [0.25, 0.3) is 0 Å². The van der Waals surface area contributed by atoms with Gasteiger partial charge in [0, 0.05) is 25.4 Å². The van der Waals surface area contributed by atoms with E-state index in [-0.39, 0.29) is 24.2 Å². The summed E-state index contributed by atoms with van der Waals surface area (Å²) in [6, 6.07) is -0.919. The number of hydrogen-bond donors (Lipinski definition) is 5. The van der Waals surface area contributed by atoms with Crippen molar-refractivity contribution in [1.29, 1.82) is 0 Å². The topological polar surface area (TPSA) is 119 Å². The summed E-state index contributed by atoms with van der Waals surface area (Å²) in [6.45, 7) is 1.81. The summed E-state index contributed by atoms with van der Waals surface area (Å²) in [6.07, 6.45) is 1.23. The Balaban J connectivity index is 2.57. The van der Waals surface area contributed by atoms with Crippen LogP contribution in [0.2, 0.25) is 6.32 Å². The summed E-state index contributed by atoms with van der Waals surface area (Å²) < 4.78 is 0. The van der Waals surface area contributed by atoms with Crippen LogP contribution in [0.3, 0.4) is 0 Å². The van der Waals surface area contributed by atoms with Crippen molar-refractivity contribution < 1.29 is 24.7 Å². The van der Waals surface area contributed by atoms with Crippen molar-refractivity contribution >= 4 is 19.0 Å². The van der Waals surface area contributed by atoms with Crippen molar-refractivity contribution in [1.82, 2.24) is 10.6 Å². The van der Waals surface area contributed by atoms with Gasteiger partial charge in [0.2, 0.25) is 5.91 Å². The van der Waals surface area contributed by atoms with Crippen LogP contribution in [-0.2, 0) is 9.59 Å². The zero-order chi connectivity index (χ0) is 13.7. The van der Waals surface area contributed by atoms with Crippen LogP contribution in [0.5, 0.6) is 0 Å². The van der Waals surface area contributed by atoms with Gasteiger partial charge in [-0.05, 0) is 12.7 Å². The second-order valence-corrected chi connectivity index (χ2v) is 4.61. The number of hydrogen-bond acceptors (Lipinski definition) is 5. The predicted octanol–water partition coefficient (Wildman–Crippen LogP) is -1.58. The van der Waals surface area contributed by atoms with Gasteiger partial charge in [0.15, 0.2) is 0 Å². The van der Waals surface area contributed by atoms with Gasteiger partial charge in [0.05, 0.1) is 0 Å². The zero-order valence-electron chi connectivity index (χ0n) is 10.3. The van der Waals surface area contributed by atoms with Crippen molar-refractivity contribution in [3.63, 3.8) is 0 Å². The minimum Gasteiger partial charge on any atom is -0.480 e. The third-order valence-corrected chi connectivity index (χ3v) is 3.16. The normalized spacial score (nSPS) is 26.9. The molecule has 1 amide bonds. The number of amides is 1. The van der Waals surface area contributed by atoms with E-state index in [9.17, 15) is 9.59 Å². The molecule has 0 aliphatic carbocycles. The summed E-state index contributed by atoms with van der Waals surface area (Å²) in [5.74, 6) is -1.37. The minimum atomic E-state index is -1.37. The number of carboxylic acid groups (broad SMARTS) is 1. The monoisotopic (exact) mass is 258 g/mol. The van der Waals surface area contributed by atoms with E-state index >= 15 is 0 Å². The fourth-order valence-electron chi connectivity index (χ4n) is 2.38. The molecule has 0 spiro atoms. The van der Waals surface area contributed by atoms with Crippen molar-refractivity contribution in [2.75, 3.05) is 6.54 Å². The molecule has 1 fully saturated rings. The van der Waals surface area contributed by atoms with Crippen LogP contribution in [0, 0.1) is 5.92 Å². The lowest BCUT2D eigenvalue weighted by Crippen LogP contribution is -2.41. The highest BCUT2D eigenvalue weighted by molar-refractivity contribution is 6.40. The van der Waals surface area contributed by atoms with Crippen LogP contribution in [0.1, 0.15) is 19.8 Å². The van der Waals surface area contributed by atoms with E-state index in [0.29, 0.717) is 19.4 Å². The zero-order valence-corrected chi connectivity index (χ0v) is 10.3. The Bertz CT molecular complexity index is 313. The molecular formula is C10H19BN2O5. The predicted molar refractivity (Wildman–Crippen MR) is 64.8 cm³/mol. The molecule has 0 aromatic rings. The summed E-state index contributed by atoms with van der Waals surface area (Å²) >= 11 is 0. The highest BCUT2D eigenvalue weighted by Crippen LogP contribution is 2.23. The molecule has 102 valence electrons. The average molecular weight is 258 g/mol. The number of aliphatic carboxylic acids is 1. The van der Waals surface area contributed by atoms with Crippen LogP contribution in [-0.4, -0.2) is 52.8 Å². The summed E-state index contributed by atoms with van der Waals surface area (Å²) in [4.78, 5) is 22.1. The molecule has 1 aliphatic heterocycles. The van der Waals surface area contributed by atoms with Crippen molar-refractivity contribution in [2.24, 2.45) is 5.92 Å². The van der Waals surface area contributed by atoms with Gasteiger partial charge in [0.25, 0.3) is 0 Å². The number of carbonyl (C=O) groups excluding carboxylic acids is 1. The largest absolute Gasteiger partial charge is 0.480 e. The van der Waals surface area contributed by atoms with Gasteiger partial charge in [-0.15, -0.1) is 0 Å². The Kier molecular flexibility index (Phi) is 5.58. The number of carboxylic acids is 1. The quantitative estimate of drug-likeness (QED) is 0.367. The Labute approximate surface area is 106 Å². The highest BCUT2D eigenvalue weighted by Gasteiger charge is 2.40. The molecule has 5 N–H and O–H groups in total. The third-order valence-electron chi connectivity index (χ3n) is 3.16. The molecule has 0 saturated carbocycles. The molecule has 7 nitrogen and oxygen atoms in total. The number of carbonyl (C=O) groups is 2. The molecule has 1 rings (SSSR count). The lowest BCUT2D eigenvalue weighted by atomic mass is 9.80. The van der Waals surface area contributed by atoms with Crippen LogP contribution in [0.15, 0.2) is 0 Å². The first-order chi connectivity index (χ1) is 8.41. The Hall–Kier alpha value is -1.12. The molecular weight excluding hydrogens is 239 g/mol. The van der Waals surface area contributed by atoms with E-state index < -0.39 is 19.1 Å². The van der Waals surface area contributed by atoms with Gasteiger partial charge in [-0.2, -0.15) is 0 Å². The molecule has 1 heterocycles. The van der Waals surface area contributed by atoms with E-state index in [2.05, 4.69) is 10.6 Å². The molecule has 0 bridgehead atoms. The van der Waals surface area contributed by atoms with E-state index in [1.54, 1.807) is 0 Å². The van der Waals surface area contributed by atoms with Crippen LogP contribution >= 0.6 is 0 Å². The van der Waals surface area contributed by atoms with Crippen molar-refractivity contribution in [3.8, 4) is 0 Å². The molecule has 18 heavy (non-hydrogen) atoms. The SMILES string of the molecule is CC(=O)NC1CNC(C(=O)O)C1CCCB(O)O. The molecule has 3 atom stereocenters. The fourth-order valence-corrected chi connectivity index (χ4v) is 2.38. The van der Waals surface area contributed by atoms with Gasteiger partial charge in [0.1, 0.15) is 6.04 Å². The highest BCUT2D eigenvalue weighted by atomic mass is 16.4. The third kappa shape index (κ3) is 4.28. The van der Waals surface area contributed by atoms with Crippen LogP contribution in [0.4, 0.5) is 0 Å². The smallest absolute Gasteiger partial charge is 0.451 e. The second kappa shape index (κ2) is 6.72. The number of rotatable bonds is 6. The molecule has 0 aromatic carbocycles. The van der Waals surface area contributed by atoms with E-state index in [0.717, 1.165) is 0 Å². The average Bonchev–Trinajstić information content (AvgIpc) is 2.60. The molecule has 8 heteroatoms. The van der Waals surface area contributed by atoms with Gasteiger partial charge < -0.3 is 25.8 Å². The first kappa shape index (κ1) is 14.9. The summed E-state index contributed by atoms with van der Waals surface area (Å²) in [7, 11) is -1.37. The first-order valence-corrected chi connectivity index (χ1v) is 6.01. The second-order valence-electron chi connectivity index (χ2n) is 4.61. The van der Waals surface area contributed by atoms with Crippen LogP contribution < -0.4 is 10.6 Å². The standard InChI is InChI=1S/C10H19BN2O5/c1-6(14)13-8-5-12-9(10(15)16)7(8)3-2-4-11(17)18/h7-9,12,17-18H,2-5H2,1H3,(H,13,14)(H,15,16). The summed E-state index contributed by atoms with van der Waals surface area (Å²) in [5, 5.41) is 32.2. The molecule has 1 aliphatic rings. The van der Waals surface area contributed by atoms with Crippen molar-refractivity contribution in [3.05, 3.63) is 0 Å². The first-order valence-electron chi connectivity index (χ1n) is 6.01. The minimum absolute atomic E-state index is 0.194. The lowest BCUT2D eigenvalue weighted by Gasteiger charge is -2.22. The maximum atomic E-state index is 11.1. The molecule has 0 radical (unpaired) electrons. The van der Waals surface area contributed by atoms with E-state index in [4.69, 9.17) is 15.2 Å².